The van der Waals surface area contributed by atoms with Gasteiger partial charge in [0.15, 0.2) is 6.10 Å². The van der Waals surface area contributed by atoms with E-state index in [0.717, 1.165) is 28.0 Å². The lowest BCUT2D eigenvalue weighted by molar-refractivity contribution is -0.128. The van der Waals surface area contributed by atoms with Gasteiger partial charge in [0.25, 0.3) is 5.91 Å². The third kappa shape index (κ3) is 2.57. The summed E-state index contributed by atoms with van der Waals surface area (Å²) in [5, 5.41) is 4.01. The maximum Gasteiger partial charge on any atom is 0.262 e. The van der Waals surface area contributed by atoms with E-state index in [1.165, 1.54) is 0 Å². The quantitative estimate of drug-likeness (QED) is 0.804. The average molecular weight is 307 g/mol. The molecule has 2 aromatic carbocycles. The van der Waals surface area contributed by atoms with Gasteiger partial charge in [0.1, 0.15) is 17.1 Å². The molecule has 4 rings (SSSR count). The Balaban J connectivity index is 1.46. The Bertz CT molecular complexity index is 810. The molecule has 1 amide bonds. The second kappa shape index (κ2) is 5.47. The molecular formula is C19H17NO3. The first-order valence-electron chi connectivity index (χ1n) is 7.74. The molecule has 1 aromatic heterocycles. The van der Waals surface area contributed by atoms with E-state index >= 15 is 0 Å². The van der Waals surface area contributed by atoms with E-state index in [-0.39, 0.29) is 11.9 Å². The number of amides is 1. The van der Waals surface area contributed by atoms with E-state index in [4.69, 9.17) is 9.15 Å². The molecule has 1 aliphatic heterocycles. The van der Waals surface area contributed by atoms with Crippen molar-refractivity contribution in [2.75, 3.05) is 0 Å². The van der Waals surface area contributed by atoms with Crippen molar-refractivity contribution in [3.05, 3.63) is 65.9 Å². The van der Waals surface area contributed by atoms with Crippen LogP contribution in [0.2, 0.25) is 0 Å². The highest BCUT2D eigenvalue weighted by molar-refractivity contribution is 5.83. The zero-order valence-corrected chi connectivity index (χ0v) is 12.8. The Morgan fingerprint density at radius 1 is 1.17 bits per heavy atom. The van der Waals surface area contributed by atoms with Crippen molar-refractivity contribution in [1.29, 1.82) is 0 Å². The first kappa shape index (κ1) is 13.9. The molecule has 2 heterocycles. The molecule has 0 fully saturated rings. The number of rotatable bonds is 3. The summed E-state index contributed by atoms with van der Waals surface area (Å²) in [6.45, 7) is 1.91. The fourth-order valence-electron chi connectivity index (χ4n) is 2.92. The van der Waals surface area contributed by atoms with Crippen LogP contribution in [0.4, 0.5) is 0 Å². The van der Waals surface area contributed by atoms with Crippen molar-refractivity contribution in [1.82, 2.24) is 5.32 Å². The maximum atomic E-state index is 12.4. The van der Waals surface area contributed by atoms with Gasteiger partial charge in [-0.25, -0.2) is 0 Å². The van der Waals surface area contributed by atoms with Crippen molar-refractivity contribution in [3.63, 3.8) is 0 Å². The fraction of sp³-hybridized carbons (Fsp3) is 0.211. The van der Waals surface area contributed by atoms with Gasteiger partial charge in [-0.05, 0) is 30.7 Å². The Hall–Kier alpha value is -2.75. The number of para-hydroxylation sites is 2. The van der Waals surface area contributed by atoms with Crippen LogP contribution in [0.25, 0.3) is 11.0 Å². The minimum absolute atomic E-state index is 0.117. The second-order valence-corrected chi connectivity index (χ2v) is 5.84. The van der Waals surface area contributed by atoms with Crippen LogP contribution in [0.15, 0.2) is 59.0 Å². The molecule has 0 saturated heterocycles. The summed E-state index contributed by atoms with van der Waals surface area (Å²) in [7, 11) is 0. The lowest BCUT2D eigenvalue weighted by Gasteiger charge is -2.15. The molecule has 0 saturated carbocycles. The molecule has 0 aliphatic carbocycles. The SMILES string of the molecule is C[C@@H](NC(=O)[C@@H]1Cc2ccccc2O1)c1cc2ccccc2o1. The zero-order chi connectivity index (χ0) is 15.8. The van der Waals surface area contributed by atoms with Crippen molar-refractivity contribution >= 4 is 16.9 Å². The van der Waals surface area contributed by atoms with Gasteiger partial charge in [-0.3, -0.25) is 4.79 Å². The molecule has 1 aliphatic rings. The largest absolute Gasteiger partial charge is 0.480 e. The highest BCUT2D eigenvalue weighted by Gasteiger charge is 2.30. The zero-order valence-electron chi connectivity index (χ0n) is 12.8. The third-order valence-corrected chi connectivity index (χ3v) is 4.17. The lowest BCUT2D eigenvalue weighted by atomic mass is 10.1. The van der Waals surface area contributed by atoms with Crippen LogP contribution < -0.4 is 10.1 Å². The molecule has 0 radical (unpaired) electrons. The lowest BCUT2D eigenvalue weighted by Crippen LogP contribution is -2.38. The number of carbonyl (C=O) groups is 1. The molecule has 0 bridgehead atoms. The van der Waals surface area contributed by atoms with Crippen molar-refractivity contribution in [2.24, 2.45) is 0 Å². The standard InChI is InChI=1S/C19H17NO3/c1-12(17-10-13-6-2-4-8-15(13)22-17)20-19(21)18-11-14-7-3-5-9-16(14)23-18/h2-10,12,18H,11H2,1H3,(H,20,21)/t12-,18+/m1/s1. The Morgan fingerprint density at radius 2 is 1.96 bits per heavy atom. The van der Waals surface area contributed by atoms with Crippen LogP contribution in [0.3, 0.4) is 0 Å². The van der Waals surface area contributed by atoms with Crippen molar-refractivity contribution < 1.29 is 13.9 Å². The van der Waals surface area contributed by atoms with Crippen LogP contribution in [0.1, 0.15) is 24.3 Å². The summed E-state index contributed by atoms with van der Waals surface area (Å²) < 4.78 is 11.5. The van der Waals surface area contributed by atoms with E-state index in [2.05, 4.69) is 5.32 Å². The third-order valence-electron chi connectivity index (χ3n) is 4.17. The molecule has 0 spiro atoms. The number of fused-ring (bicyclic) bond motifs is 2. The van der Waals surface area contributed by atoms with Gasteiger partial charge in [-0.2, -0.15) is 0 Å². The molecule has 3 aromatic rings. The van der Waals surface area contributed by atoms with Crippen LogP contribution in [-0.2, 0) is 11.2 Å². The van der Waals surface area contributed by atoms with E-state index < -0.39 is 6.10 Å². The maximum absolute atomic E-state index is 12.4. The smallest absolute Gasteiger partial charge is 0.262 e. The van der Waals surface area contributed by atoms with Gasteiger partial charge in [0.2, 0.25) is 0 Å². The number of hydrogen-bond donors (Lipinski definition) is 1. The minimum atomic E-state index is -0.473. The first-order valence-corrected chi connectivity index (χ1v) is 7.74. The molecule has 4 heteroatoms. The number of ether oxygens (including phenoxy) is 1. The van der Waals surface area contributed by atoms with E-state index in [1.807, 2.05) is 61.5 Å². The molecule has 116 valence electrons. The summed E-state index contributed by atoms with van der Waals surface area (Å²) in [5.74, 6) is 1.42. The average Bonchev–Trinajstić information content (AvgIpc) is 3.18. The van der Waals surface area contributed by atoms with Gasteiger partial charge in [-0.1, -0.05) is 36.4 Å². The van der Waals surface area contributed by atoms with Crippen LogP contribution in [-0.4, -0.2) is 12.0 Å². The molecule has 1 N–H and O–H groups in total. The van der Waals surface area contributed by atoms with Gasteiger partial charge >= 0.3 is 0 Å². The number of nitrogens with one attached hydrogen (secondary N) is 1. The molecule has 0 unspecified atom stereocenters. The molecule has 4 nitrogen and oxygen atoms in total. The van der Waals surface area contributed by atoms with Gasteiger partial charge in [0, 0.05) is 11.8 Å². The monoisotopic (exact) mass is 307 g/mol. The first-order chi connectivity index (χ1) is 11.2. The topological polar surface area (TPSA) is 51.5 Å². The number of benzene rings is 2. The highest BCUT2D eigenvalue weighted by atomic mass is 16.5. The molecule has 2 atom stereocenters. The Labute approximate surface area is 134 Å². The van der Waals surface area contributed by atoms with E-state index in [9.17, 15) is 4.79 Å². The fourth-order valence-corrected chi connectivity index (χ4v) is 2.92. The summed E-state index contributed by atoms with van der Waals surface area (Å²) in [6, 6.07) is 17.3. The predicted molar refractivity (Wildman–Crippen MR) is 87.3 cm³/mol. The van der Waals surface area contributed by atoms with Crippen molar-refractivity contribution in [2.45, 2.75) is 25.5 Å². The minimum Gasteiger partial charge on any atom is -0.480 e. The normalized spacial score (nSPS) is 17.5. The van der Waals surface area contributed by atoms with Gasteiger partial charge < -0.3 is 14.5 Å². The number of furan rings is 1. The highest BCUT2D eigenvalue weighted by Crippen LogP contribution is 2.29. The predicted octanol–water partition coefficient (Wildman–Crippen LogP) is 3.61. The number of hydrogen-bond acceptors (Lipinski definition) is 3. The van der Waals surface area contributed by atoms with Crippen LogP contribution in [0.5, 0.6) is 5.75 Å². The number of carbonyl (C=O) groups excluding carboxylic acids is 1. The molecule has 23 heavy (non-hydrogen) atoms. The summed E-state index contributed by atoms with van der Waals surface area (Å²) in [5.41, 5.74) is 1.90. The van der Waals surface area contributed by atoms with Crippen molar-refractivity contribution in [3.8, 4) is 5.75 Å². The Kier molecular flexibility index (Phi) is 3.30. The van der Waals surface area contributed by atoms with Gasteiger partial charge in [-0.15, -0.1) is 0 Å². The second-order valence-electron chi connectivity index (χ2n) is 5.84. The summed E-state index contributed by atoms with van der Waals surface area (Å²) >= 11 is 0. The van der Waals surface area contributed by atoms with E-state index in [0.29, 0.717) is 6.42 Å². The van der Waals surface area contributed by atoms with Crippen LogP contribution in [0, 0.1) is 0 Å². The molecular weight excluding hydrogens is 290 g/mol. The van der Waals surface area contributed by atoms with Crippen LogP contribution >= 0.6 is 0 Å². The Morgan fingerprint density at radius 3 is 2.78 bits per heavy atom. The summed E-state index contributed by atoms with van der Waals surface area (Å²) in [4.78, 5) is 12.4. The van der Waals surface area contributed by atoms with E-state index in [1.54, 1.807) is 0 Å². The summed E-state index contributed by atoms with van der Waals surface area (Å²) in [6.07, 6.45) is 0.133. The van der Waals surface area contributed by atoms with Gasteiger partial charge in [0.05, 0.1) is 6.04 Å².